The van der Waals surface area contributed by atoms with Crippen molar-refractivity contribution >= 4 is 5.57 Å². The van der Waals surface area contributed by atoms with Gasteiger partial charge in [0.1, 0.15) is 0 Å². The molecular formula is C53H41N3. The molecule has 0 N–H and O–H groups in total. The standard InChI is InChI=1S/C53H41N3/c1-36-26-31-47(37(2)54-36)44-24-15-25-45(32-44)51-35-50(55-53(56-51)43-22-13-6-14-23-43)41-27-29-42(30-28-41)52-48(39-18-9-4-10-19-39)33-46(38-16-7-3-8-17-38)34-49(52)40-20-11-5-12-21-40/h3-5,7-13,15-35H,6,14H2,1-2H3. The molecule has 2 aromatic heterocycles. The van der Waals surface area contributed by atoms with Gasteiger partial charge < -0.3 is 0 Å². The fourth-order valence-electron chi connectivity index (χ4n) is 7.74. The number of benzene rings is 6. The lowest BCUT2D eigenvalue weighted by Crippen LogP contribution is -2.00. The molecule has 3 nitrogen and oxygen atoms in total. The molecule has 9 rings (SSSR count). The van der Waals surface area contributed by atoms with Crippen molar-refractivity contribution in [3.8, 4) is 78.1 Å². The molecule has 6 aromatic carbocycles. The van der Waals surface area contributed by atoms with Crippen LogP contribution in [0, 0.1) is 13.8 Å². The summed E-state index contributed by atoms with van der Waals surface area (Å²) in [5, 5.41) is 0. The first-order chi connectivity index (χ1) is 27.6. The summed E-state index contributed by atoms with van der Waals surface area (Å²) in [6.45, 7) is 4.11. The number of aromatic nitrogens is 3. The van der Waals surface area contributed by atoms with E-state index in [0.29, 0.717) is 0 Å². The van der Waals surface area contributed by atoms with Gasteiger partial charge in [-0.25, -0.2) is 9.97 Å². The van der Waals surface area contributed by atoms with Gasteiger partial charge in [0.15, 0.2) is 5.82 Å². The molecule has 0 fully saturated rings. The first-order valence-corrected chi connectivity index (χ1v) is 19.3. The third kappa shape index (κ3) is 7.15. The molecule has 0 amide bonds. The van der Waals surface area contributed by atoms with E-state index in [0.717, 1.165) is 74.8 Å². The quantitative estimate of drug-likeness (QED) is 0.157. The minimum absolute atomic E-state index is 0.741. The summed E-state index contributed by atoms with van der Waals surface area (Å²) in [5.74, 6) is 0.741. The zero-order valence-corrected chi connectivity index (χ0v) is 31.7. The Labute approximate surface area is 329 Å². The normalized spacial score (nSPS) is 12.4. The number of rotatable bonds is 8. The topological polar surface area (TPSA) is 38.7 Å². The molecule has 0 unspecified atom stereocenters. The van der Waals surface area contributed by atoms with Crippen molar-refractivity contribution in [3.63, 3.8) is 0 Å². The smallest absolute Gasteiger partial charge is 0.160 e. The van der Waals surface area contributed by atoms with Gasteiger partial charge in [0.2, 0.25) is 0 Å². The van der Waals surface area contributed by atoms with Crippen LogP contribution in [0.5, 0.6) is 0 Å². The van der Waals surface area contributed by atoms with Gasteiger partial charge in [0, 0.05) is 33.7 Å². The van der Waals surface area contributed by atoms with Gasteiger partial charge in [0.05, 0.1) is 11.4 Å². The lowest BCUT2D eigenvalue weighted by molar-refractivity contribution is 1.03. The van der Waals surface area contributed by atoms with Crippen molar-refractivity contribution in [3.05, 3.63) is 205 Å². The Morgan fingerprint density at radius 2 is 0.964 bits per heavy atom. The van der Waals surface area contributed by atoms with E-state index in [1.54, 1.807) is 0 Å². The van der Waals surface area contributed by atoms with Crippen molar-refractivity contribution in [1.82, 2.24) is 15.0 Å². The van der Waals surface area contributed by atoms with E-state index in [1.807, 2.05) is 6.92 Å². The van der Waals surface area contributed by atoms with Crippen LogP contribution in [0.4, 0.5) is 0 Å². The van der Waals surface area contributed by atoms with Crippen LogP contribution in [0.25, 0.3) is 83.7 Å². The molecule has 0 aliphatic heterocycles. The molecule has 3 heteroatoms. The summed E-state index contributed by atoms with van der Waals surface area (Å²) < 4.78 is 0. The molecule has 56 heavy (non-hydrogen) atoms. The van der Waals surface area contributed by atoms with E-state index in [4.69, 9.17) is 15.0 Å². The third-order valence-electron chi connectivity index (χ3n) is 10.6. The maximum Gasteiger partial charge on any atom is 0.160 e. The van der Waals surface area contributed by atoms with E-state index >= 15 is 0 Å². The van der Waals surface area contributed by atoms with Crippen LogP contribution in [0.1, 0.15) is 30.1 Å². The molecule has 1 aliphatic rings. The lowest BCUT2D eigenvalue weighted by Gasteiger charge is -2.19. The Kier molecular flexibility index (Phi) is 9.57. The molecular weight excluding hydrogens is 679 g/mol. The van der Waals surface area contributed by atoms with Crippen molar-refractivity contribution in [2.24, 2.45) is 0 Å². The maximum atomic E-state index is 5.19. The zero-order valence-electron chi connectivity index (χ0n) is 31.7. The third-order valence-corrected chi connectivity index (χ3v) is 10.6. The van der Waals surface area contributed by atoms with Crippen LogP contribution in [0.2, 0.25) is 0 Å². The molecule has 0 saturated carbocycles. The van der Waals surface area contributed by atoms with E-state index < -0.39 is 0 Å². The van der Waals surface area contributed by atoms with Crippen molar-refractivity contribution in [2.75, 3.05) is 0 Å². The molecule has 268 valence electrons. The Morgan fingerprint density at radius 3 is 1.57 bits per heavy atom. The molecule has 1 aliphatic carbocycles. The number of hydrogen-bond acceptors (Lipinski definition) is 3. The Balaban J connectivity index is 1.18. The van der Waals surface area contributed by atoms with Crippen LogP contribution in [0.3, 0.4) is 0 Å². The average Bonchev–Trinajstić information content (AvgIpc) is 3.27. The first-order valence-electron chi connectivity index (χ1n) is 19.3. The molecule has 8 aromatic rings. The maximum absolute atomic E-state index is 5.19. The van der Waals surface area contributed by atoms with Crippen LogP contribution >= 0.6 is 0 Å². The SMILES string of the molecule is Cc1ccc(-c2cccc(-c3cc(-c4ccc(-c5c(-c6ccccc6)cc(-c6ccccc6)cc5-c5ccccc5)cc4)nc(C4=CCCC=C4)n3)c2)c(C)n1. The summed E-state index contributed by atoms with van der Waals surface area (Å²) in [7, 11) is 0. The summed E-state index contributed by atoms with van der Waals surface area (Å²) in [5.41, 5.74) is 18.7. The second-order valence-corrected chi connectivity index (χ2v) is 14.4. The average molecular weight is 720 g/mol. The van der Waals surface area contributed by atoms with E-state index in [1.165, 1.54) is 38.9 Å². The van der Waals surface area contributed by atoms with Crippen LogP contribution in [-0.2, 0) is 0 Å². The van der Waals surface area contributed by atoms with Gasteiger partial charge in [-0.1, -0.05) is 158 Å². The van der Waals surface area contributed by atoms with Crippen molar-refractivity contribution in [1.29, 1.82) is 0 Å². The van der Waals surface area contributed by atoms with E-state index in [2.05, 4.69) is 195 Å². The van der Waals surface area contributed by atoms with Gasteiger partial charge in [-0.05, 0) is 107 Å². The lowest BCUT2D eigenvalue weighted by atomic mass is 9.84. The predicted octanol–water partition coefficient (Wildman–Crippen LogP) is 13.9. The predicted molar refractivity (Wildman–Crippen MR) is 234 cm³/mol. The van der Waals surface area contributed by atoms with E-state index in [-0.39, 0.29) is 0 Å². The summed E-state index contributed by atoms with van der Waals surface area (Å²) in [6.07, 6.45) is 8.63. The zero-order chi connectivity index (χ0) is 37.8. The highest BCUT2D eigenvalue weighted by molar-refractivity contribution is 5.98. The first kappa shape index (κ1) is 34.8. The number of hydrogen-bond donors (Lipinski definition) is 0. The van der Waals surface area contributed by atoms with Gasteiger partial charge in [-0.15, -0.1) is 0 Å². The number of aryl methyl sites for hydroxylation is 2. The van der Waals surface area contributed by atoms with Gasteiger partial charge in [-0.3, -0.25) is 4.98 Å². The summed E-state index contributed by atoms with van der Waals surface area (Å²) in [6, 6.07) is 60.7. The molecule has 0 bridgehead atoms. The minimum atomic E-state index is 0.741. The van der Waals surface area contributed by atoms with E-state index in [9.17, 15) is 0 Å². The van der Waals surface area contributed by atoms with Crippen LogP contribution in [0.15, 0.2) is 188 Å². The molecule has 0 saturated heterocycles. The number of pyridine rings is 1. The second-order valence-electron chi connectivity index (χ2n) is 14.4. The van der Waals surface area contributed by atoms with Crippen molar-refractivity contribution in [2.45, 2.75) is 26.7 Å². The molecule has 0 spiro atoms. The number of allylic oxidation sites excluding steroid dienone is 4. The highest BCUT2D eigenvalue weighted by Gasteiger charge is 2.19. The van der Waals surface area contributed by atoms with Crippen molar-refractivity contribution < 1.29 is 0 Å². The molecule has 2 heterocycles. The highest BCUT2D eigenvalue weighted by atomic mass is 14.9. The number of nitrogens with zero attached hydrogens (tertiary/aromatic N) is 3. The summed E-state index contributed by atoms with van der Waals surface area (Å²) in [4.78, 5) is 15.1. The fraction of sp³-hybridized carbons (Fsp3) is 0.0755. The van der Waals surface area contributed by atoms with Gasteiger partial charge >= 0.3 is 0 Å². The fourth-order valence-corrected chi connectivity index (χ4v) is 7.74. The minimum Gasteiger partial charge on any atom is -0.258 e. The Morgan fingerprint density at radius 1 is 0.393 bits per heavy atom. The second kappa shape index (κ2) is 15.4. The Hall–Kier alpha value is -6.97. The monoisotopic (exact) mass is 719 g/mol. The van der Waals surface area contributed by atoms with Crippen LogP contribution < -0.4 is 0 Å². The highest BCUT2D eigenvalue weighted by Crippen LogP contribution is 2.44. The van der Waals surface area contributed by atoms with Gasteiger partial charge in [0.25, 0.3) is 0 Å². The largest absolute Gasteiger partial charge is 0.258 e. The Bertz CT molecular complexity index is 2670. The van der Waals surface area contributed by atoms with Gasteiger partial charge in [-0.2, -0.15) is 0 Å². The molecule has 0 radical (unpaired) electrons. The molecule has 0 atom stereocenters. The summed E-state index contributed by atoms with van der Waals surface area (Å²) >= 11 is 0. The van der Waals surface area contributed by atoms with Crippen LogP contribution in [-0.4, -0.2) is 15.0 Å².